The molecule has 0 unspecified atom stereocenters. The van der Waals surface area contributed by atoms with E-state index in [-0.39, 0.29) is 6.61 Å². The van der Waals surface area contributed by atoms with E-state index in [4.69, 9.17) is 10.2 Å². The van der Waals surface area contributed by atoms with Crippen molar-refractivity contribution < 1.29 is 38.9 Å². The number of hydrogen-bond acceptors (Lipinski definition) is 6. The van der Waals surface area contributed by atoms with Crippen LogP contribution in [0.15, 0.2) is 24.3 Å². The quantitative estimate of drug-likeness (QED) is 0.388. The van der Waals surface area contributed by atoms with Crippen LogP contribution in [0, 0.1) is 0 Å². The lowest BCUT2D eigenvalue weighted by atomic mass is 10.4. The van der Waals surface area contributed by atoms with E-state index in [9.17, 15) is 19.2 Å². The van der Waals surface area contributed by atoms with Crippen molar-refractivity contribution in [3.8, 4) is 0 Å². The Morgan fingerprint density at radius 3 is 1.64 bits per heavy atom. The van der Waals surface area contributed by atoms with Gasteiger partial charge < -0.3 is 19.7 Å². The minimum Gasteiger partial charge on any atom is -0.478 e. The van der Waals surface area contributed by atoms with Crippen LogP contribution < -0.4 is 0 Å². The van der Waals surface area contributed by atoms with E-state index >= 15 is 0 Å². The summed E-state index contributed by atoms with van der Waals surface area (Å²) in [5.74, 6) is -3.55. The summed E-state index contributed by atoms with van der Waals surface area (Å²) >= 11 is 0. The van der Waals surface area contributed by atoms with Crippen LogP contribution in [0.5, 0.6) is 0 Å². The lowest BCUT2D eigenvalue weighted by molar-refractivity contribution is -0.139. The Morgan fingerprint density at radius 2 is 1.27 bits per heavy atom. The highest BCUT2D eigenvalue weighted by Gasteiger charge is 1.96. The molecule has 8 heteroatoms. The summed E-state index contributed by atoms with van der Waals surface area (Å²) in [6.07, 6.45) is 5.00. The van der Waals surface area contributed by atoms with Gasteiger partial charge in [0.15, 0.2) is 0 Å². The number of carboxylic acids is 2. The highest BCUT2D eigenvalue weighted by molar-refractivity contribution is 5.91. The fourth-order valence-electron chi connectivity index (χ4n) is 0.834. The second-order valence-electron chi connectivity index (χ2n) is 3.62. The van der Waals surface area contributed by atoms with Gasteiger partial charge in [-0.25, -0.2) is 19.2 Å². The molecule has 0 aromatic heterocycles. The minimum atomic E-state index is -1.16. The number of ether oxygens (including phenoxy) is 2. The molecule has 0 amide bonds. The lowest BCUT2D eigenvalue weighted by Gasteiger charge is -1.97. The third-order valence-electron chi connectivity index (χ3n) is 1.75. The molecule has 0 radical (unpaired) electrons. The molecule has 0 fully saturated rings. The molecular weight excluding hydrogens is 296 g/mol. The van der Waals surface area contributed by atoms with Crippen molar-refractivity contribution in [1.82, 2.24) is 0 Å². The summed E-state index contributed by atoms with van der Waals surface area (Å²) in [5, 5.41) is 16.2. The van der Waals surface area contributed by atoms with E-state index in [2.05, 4.69) is 9.47 Å². The van der Waals surface area contributed by atoms with Gasteiger partial charge in [-0.05, 0) is 13.3 Å². The van der Waals surface area contributed by atoms with Gasteiger partial charge in [-0.15, -0.1) is 0 Å². The van der Waals surface area contributed by atoms with Gasteiger partial charge in [0.05, 0.1) is 13.2 Å². The molecule has 0 rings (SSSR count). The van der Waals surface area contributed by atoms with E-state index in [0.29, 0.717) is 6.61 Å². The molecule has 2 N–H and O–H groups in total. The largest absolute Gasteiger partial charge is 0.478 e. The van der Waals surface area contributed by atoms with Crippen LogP contribution >= 0.6 is 0 Å². The van der Waals surface area contributed by atoms with Gasteiger partial charge in [0.2, 0.25) is 0 Å². The molecule has 0 aliphatic carbocycles. The van der Waals surface area contributed by atoms with E-state index in [1.54, 1.807) is 6.92 Å². The summed E-state index contributed by atoms with van der Waals surface area (Å²) in [6.45, 7) is 4.22. The van der Waals surface area contributed by atoms with Gasteiger partial charge in [-0.3, -0.25) is 0 Å². The highest BCUT2D eigenvalue weighted by Crippen LogP contribution is 1.89. The zero-order chi connectivity index (χ0) is 17.4. The Labute approximate surface area is 128 Å². The summed E-state index contributed by atoms with van der Waals surface area (Å²) in [7, 11) is 0. The van der Waals surface area contributed by atoms with Crippen molar-refractivity contribution in [2.45, 2.75) is 26.7 Å². The number of esters is 2. The first-order chi connectivity index (χ1) is 10.3. The van der Waals surface area contributed by atoms with Crippen LogP contribution in [0.4, 0.5) is 0 Å². The van der Waals surface area contributed by atoms with E-state index in [1.165, 1.54) is 0 Å². The molecule has 0 saturated carbocycles. The number of rotatable bonds is 8. The van der Waals surface area contributed by atoms with Crippen LogP contribution in [0.3, 0.4) is 0 Å². The normalized spacial score (nSPS) is 9.91. The molecule has 0 saturated heterocycles. The molecule has 0 heterocycles. The van der Waals surface area contributed by atoms with E-state index in [1.807, 2.05) is 6.92 Å². The number of carbonyl (C=O) groups excluding carboxylic acids is 2. The molecule has 124 valence electrons. The predicted octanol–water partition coefficient (Wildman–Crippen LogP) is 1.16. The average Bonchev–Trinajstić information content (AvgIpc) is 2.44. The highest BCUT2D eigenvalue weighted by atomic mass is 16.5. The van der Waals surface area contributed by atoms with Gasteiger partial charge in [0.25, 0.3) is 0 Å². The minimum absolute atomic E-state index is 0.253. The Bertz CT molecular complexity index is 423. The summed E-state index contributed by atoms with van der Waals surface area (Å²) in [6, 6.07) is 0. The van der Waals surface area contributed by atoms with Crippen molar-refractivity contribution in [2.75, 3.05) is 13.2 Å². The Kier molecular flexibility index (Phi) is 14.5. The number of carboxylic acid groups (broad SMARTS) is 2. The Hall–Kier alpha value is -2.64. The van der Waals surface area contributed by atoms with Crippen molar-refractivity contribution >= 4 is 23.9 Å². The first-order valence-electron chi connectivity index (χ1n) is 6.48. The molecule has 0 aliphatic heterocycles. The number of hydrogen-bond donors (Lipinski definition) is 2. The van der Waals surface area contributed by atoms with Gasteiger partial charge in [0.1, 0.15) is 0 Å². The van der Waals surface area contributed by atoms with Crippen molar-refractivity contribution in [3.05, 3.63) is 24.3 Å². The van der Waals surface area contributed by atoms with Crippen LogP contribution in [-0.2, 0) is 28.7 Å². The van der Waals surface area contributed by atoms with Gasteiger partial charge in [-0.1, -0.05) is 13.3 Å². The van der Waals surface area contributed by atoms with Crippen LogP contribution in [0.2, 0.25) is 0 Å². The third kappa shape index (κ3) is 19.7. The molecule has 0 atom stereocenters. The fourth-order valence-corrected chi connectivity index (χ4v) is 0.834. The number of carbonyl (C=O) groups is 4. The zero-order valence-electron chi connectivity index (χ0n) is 12.5. The maximum atomic E-state index is 10.6. The zero-order valence-corrected chi connectivity index (χ0v) is 12.5. The second kappa shape index (κ2) is 14.8. The lowest BCUT2D eigenvalue weighted by Crippen LogP contribution is -2.02. The summed E-state index contributed by atoms with van der Waals surface area (Å²) < 4.78 is 9.05. The molecule has 0 aromatic carbocycles. The smallest absolute Gasteiger partial charge is 0.331 e. The first-order valence-corrected chi connectivity index (χ1v) is 6.48. The van der Waals surface area contributed by atoms with Crippen LogP contribution in [0.25, 0.3) is 0 Å². The van der Waals surface area contributed by atoms with Gasteiger partial charge in [-0.2, -0.15) is 0 Å². The molecule has 0 spiro atoms. The standard InChI is InChI=1S/C8H12O4.C6H8O4/c1-2-3-6-12-8(11)5-4-7(9)10;1-2-10-6(9)4-3-5(7)8/h4-5H,2-3,6H2,1H3,(H,9,10);3-4H,2H2,1H3,(H,7,8). The number of aliphatic carboxylic acids is 2. The average molecular weight is 316 g/mol. The molecule has 0 aromatic rings. The molecule has 8 nitrogen and oxygen atoms in total. The topological polar surface area (TPSA) is 127 Å². The second-order valence-corrected chi connectivity index (χ2v) is 3.62. The fraction of sp³-hybridized carbons (Fsp3) is 0.429. The molecular formula is C14H20O8. The van der Waals surface area contributed by atoms with Crippen molar-refractivity contribution in [3.63, 3.8) is 0 Å². The SMILES string of the molecule is CCCCOC(=O)C=CC(=O)O.CCOC(=O)C=CC(=O)O. The monoisotopic (exact) mass is 316 g/mol. The Morgan fingerprint density at radius 1 is 0.818 bits per heavy atom. The van der Waals surface area contributed by atoms with Crippen LogP contribution in [0.1, 0.15) is 26.7 Å². The van der Waals surface area contributed by atoms with E-state index in [0.717, 1.165) is 37.1 Å². The van der Waals surface area contributed by atoms with Crippen molar-refractivity contribution in [2.24, 2.45) is 0 Å². The Balaban J connectivity index is 0. The molecule has 0 bridgehead atoms. The van der Waals surface area contributed by atoms with Crippen LogP contribution in [-0.4, -0.2) is 47.3 Å². The summed E-state index contributed by atoms with van der Waals surface area (Å²) in [4.78, 5) is 40.8. The summed E-state index contributed by atoms with van der Waals surface area (Å²) in [5.41, 5.74) is 0. The maximum Gasteiger partial charge on any atom is 0.331 e. The number of unbranched alkanes of at least 4 members (excludes halogenated alkanes) is 1. The van der Waals surface area contributed by atoms with Gasteiger partial charge in [0, 0.05) is 24.3 Å². The molecule has 0 aliphatic rings. The van der Waals surface area contributed by atoms with Crippen molar-refractivity contribution in [1.29, 1.82) is 0 Å². The maximum absolute atomic E-state index is 10.6. The molecule has 22 heavy (non-hydrogen) atoms. The van der Waals surface area contributed by atoms with E-state index < -0.39 is 23.9 Å². The predicted molar refractivity (Wildman–Crippen MR) is 76.1 cm³/mol. The third-order valence-corrected chi connectivity index (χ3v) is 1.75. The first kappa shape index (κ1) is 21.7. The van der Waals surface area contributed by atoms with Gasteiger partial charge >= 0.3 is 23.9 Å².